The Hall–Kier alpha value is -2.97. The number of aromatic nitrogens is 3. The third-order valence-corrected chi connectivity index (χ3v) is 4.33. The van der Waals surface area contributed by atoms with Crippen LogP contribution in [0.4, 0.5) is 24.7 Å². The van der Waals surface area contributed by atoms with Gasteiger partial charge in [-0.3, -0.25) is 9.78 Å². The van der Waals surface area contributed by atoms with E-state index in [4.69, 9.17) is 0 Å². The molecule has 1 fully saturated rings. The van der Waals surface area contributed by atoms with Crippen molar-refractivity contribution in [1.29, 1.82) is 0 Å². The SMILES string of the molecule is O=CC=CN1CCC(c2nccnc2Nc2ccc(C(F)(F)F)nc2)CC1. The molecule has 0 radical (unpaired) electrons. The Kier molecular flexibility index (Phi) is 5.68. The first-order valence-electron chi connectivity index (χ1n) is 8.44. The van der Waals surface area contributed by atoms with Crippen molar-refractivity contribution >= 4 is 17.8 Å². The number of pyridine rings is 1. The highest BCUT2D eigenvalue weighted by molar-refractivity contribution is 5.64. The van der Waals surface area contributed by atoms with Gasteiger partial charge in [0.15, 0.2) is 5.82 Å². The molecular weight excluding hydrogens is 359 g/mol. The Labute approximate surface area is 154 Å². The molecule has 2 aromatic heterocycles. The number of nitrogens with one attached hydrogen (secondary N) is 1. The lowest BCUT2D eigenvalue weighted by atomic mass is 9.93. The van der Waals surface area contributed by atoms with Crippen LogP contribution in [0.15, 0.2) is 43.0 Å². The molecule has 142 valence electrons. The molecule has 1 aliphatic rings. The van der Waals surface area contributed by atoms with Gasteiger partial charge in [0, 0.05) is 37.6 Å². The topological polar surface area (TPSA) is 71.0 Å². The van der Waals surface area contributed by atoms with Crippen LogP contribution in [0.2, 0.25) is 0 Å². The average molecular weight is 377 g/mol. The number of hydrogen-bond acceptors (Lipinski definition) is 6. The number of aldehydes is 1. The van der Waals surface area contributed by atoms with E-state index < -0.39 is 11.9 Å². The molecule has 0 saturated carbocycles. The molecule has 0 bridgehead atoms. The summed E-state index contributed by atoms with van der Waals surface area (Å²) < 4.78 is 37.9. The Morgan fingerprint density at radius 3 is 2.48 bits per heavy atom. The summed E-state index contributed by atoms with van der Waals surface area (Å²) in [5.41, 5.74) is 0.246. The molecule has 3 rings (SSSR count). The zero-order valence-corrected chi connectivity index (χ0v) is 14.4. The summed E-state index contributed by atoms with van der Waals surface area (Å²) in [5.74, 6) is 0.686. The minimum absolute atomic E-state index is 0.171. The molecule has 0 unspecified atom stereocenters. The zero-order chi connectivity index (χ0) is 19.3. The largest absolute Gasteiger partial charge is 0.433 e. The summed E-state index contributed by atoms with van der Waals surface area (Å²) in [7, 11) is 0. The zero-order valence-electron chi connectivity index (χ0n) is 14.4. The van der Waals surface area contributed by atoms with Crippen LogP contribution in [0, 0.1) is 0 Å². The number of rotatable bonds is 5. The second kappa shape index (κ2) is 8.15. The monoisotopic (exact) mass is 377 g/mol. The van der Waals surface area contributed by atoms with Gasteiger partial charge < -0.3 is 10.2 Å². The predicted molar refractivity (Wildman–Crippen MR) is 93.3 cm³/mol. The quantitative estimate of drug-likeness (QED) is 0.635. The number of halogens is 3. The number of likely N-dealkylation sites (tertiary alicyclic amines) is 1. The van der Waals surface area contributed by atoms with E-state index in [1.807, 2.05) is 0 Å². The normalized spacial score (nSPS) is 15.9. The van der Waals surface area contributed by atoms with Crippen LogP contribution in [0.5, 0.6) is 0 Å². The van der Waals surface area contributed by atoms with Gasteiger partial charge in [-0.15, -0.1) is 0 Å². The van der Waals surface area contributed by atoms with E-state index in [0.717, 1.165) is 50.2 Å². The molecule has 0 atom stereocenters. The summed E-state index contributed by atoms with van der Waals surface area (Å²) in [4.78, 5) is 24.6. The van der Waals surface area contributed by atoms with Gasteiger partial charge in [0.25, 0.3) is 0 Å². The lowest BCUT2D eigenvalue weighted by Crippen LogP contribution is -2.29. The Morgan fingerprint density at radius 1 is 1.11 bits per heavy atom. The number of hydrogen-bond donors (Lipinski definition) is 1. The maximum absolute atomic E-state index is 12.6. The molecule has 0 aliphatic carbocycles. The van der Waals surface area contributed by atoms with Gasteiger partial charge in [-0.05, 0) is 31.1 Å². The van der Waals surface area contributed by atoms with Crippen LogP contribution in [0.3, 0.4) is 0 Å². The number of nitrogens with zero attached hydrogens (tertiary/aromatic N) is 4. The number of piperidine rings is 1. The minimum Gasteiger partial charge on any atom is -0.377 e. The van der Waals surface area contributed by atoms with Crippen molar-refractivity contribution in [3.05, 3.63) is 54.4 Å². The summed E-state index contributed by atoms with van der Waals surface area (Å²) in [6, 6.07) is 2.25. The fourth-order valence-corrected chi connectivity index (χ4v) is 2.99. The molecule has 0 amide bonds. The molecule has 27 heavy (non-hydrogen) atoms. The molecule has 1 aliphatic heterocycles. The van der Waals surface area contributed by atoms with Crippen LogP contribution in [-0.4, -0.2) is 39.2 Å². The highest BCUT2D eigenvalue weighted by Crippen LogP contribution is 2.32. The van der Waals surface area contributed by atoms with Crippen molar-refractivity contribution in [2.75, 3.05) is 18.4 Å². The number of allylic oxidation sites excluding steroid dienone is 1. The van der Waals surface area contributed by atoms with E-state index in [-0.39, 0.29) is 5.92 Å². The van der Waals surface area contributed by atoms with Crippen molar-refractivity contribution in [2.24, 2.45) is 0 Å². The van der Waals surface area contributed by atoms with Crippen molar-refractivity contribution in [1.82, 2.24) is 19.9 Å². The van der Waals surface area contributed by atoms with Crippen LogP contribution in [0.1, 0.15) is 30.1 Å². The molecular formula is C18H18F3N5O. The van der Waals surface area contributed by atoms with E-state index in [2.05, 4.69) is 25.2 Å². The van der Waals surface area contributed by atoms with E-state index in [1.54, 1.807) is 12.4 Å². The summed E-state index contributed by atoms with van der Waals surface area (Å²) in [5, 5.41) is 3.02. The average Bonchev–Trinajstić information content (AvgIpc) is 2.67. The summed E-state index contributed by atoms with van der Waals surface area (Å²) in [6.07, 6.45) is 5.45. The Morgan fingerprint density at radius 2 is 1.85 bits per heavy atom. The van der Waals surface area contributed by atoms with E-state index in [0.29, 0.717) is 11.5 Å². The fraction of sp³-hybridized carbons (Fsp3) is 0.333. The number of alkyl halides is 3. The molecule has 1 N–H and O–H groups in total. The highest BCUT2D eigenvalue weighted by atomic mass is 19.4. The van der Waals surface area contributed by atoms with E-state index in [9.17, 15) is 18.0 Å². The fourth-order valence-electron chi connectivity index (χ4n) is 2.99. The third-order valence-electron chi connectivity index (χ3n) is 4.33. The first-order valence-corrected chi connectivity index (χ1v) is 8.44. The minimum atomic E-state index is -4.47. The van der Waals surface area contributed by atoms with Gasteiger partial charge in [-0.2, -0.15) is 13.2 Å². The van der Waals surface area contributed by atoms with Crippen molar-refractivity contribution in [3.63, 3.8) is 0 Å². The van der Waals surface area contributed by atoms with Crippen molar-refractivity contribution < 1.29 is 18.0 Å². The second-order valence-corrected chi connectivity index (χ2v) is 6.13. The molecule has 0 spiro atoms. The first kappa shape index (κ1) is 18.8. The van der Waals surface area contributed by atoms with Crippen LogP contribution >= 0.6 is 0 Å². The van der Waals surface area contributed by atoms with Gasteiger partial charge >= 0.3 is 6.18 Å². The van der Waals surface area contributed by atoms with Crippen LogP contribution in [0.25, 0.3) is 0 Å². The lowest BCUT2D eigenvalue weighted by molar-refractivity contribution is -0.141. The molecule has 1 saturated heterocycles. The molecule has 0 aromatic carbocycles. The van der Waals surface area contributed by atoms with Crippen LogP contribution < -0.4 is 5.32 Å². The predicted octanol–water partition coefficient (Wildman–Crippen LogP) is 3.53. The maximum Gasteiger partial charge on any atom is 0.433 e. The van der Waals surface area contributed by atoms with Gasteiger partial charge in [0.1, 0.15) is 12.0 Å². The summed E-state index contributed by atoms with van der Waals surface area (Å²) in [6.45, 7) is 1.57. The molecule has 2 aromatic rings. The molecule has 9 heteroatoms. The third kappa shape index (κ3) is 4.81. The first-order chi connectivity index (χ1) is 13.0. The van der Waals surface area contributed by atoms with Crippen molar-refractivity contribution in [3.8, 4) is 0 Å². The maximum atomic E-state index is 12.6. The smallest absolute Gasteiger partial charge is 0.377 e. The molecule has 6 nitrogen and oxygen atoms in total. The standard InChI is InChI=1S/C18H18F3N5O/c19-18(20,21)15-3-2-14(12-24-15)25-17-16(22-6-7-23-17)13-4-9-26(10-5-13)8-1-11-27/h1-3,6-8,11-13H,4-5,9-10H2,(H,23,25). The van der Waals surface area contributed by atoms with Gasteiger partial charge in [-0.1, -0.05) is 0 Å². The number of carbonyl (C=O) groups is 1. The number of anilines is 2. The number of carbonyl (C=O) groups excluding carboxylic acids is 1. The van der Waals surface area contributed by atoms with Gasteiger partial charge in [0.05, 0.1) is 17.6 Å². The lowest BCUT2D eigenvalue weighted by Gasteiger charge is -2.31. The van der Waals surface area contributed by atoms with E-state index >= 15 is 0 Å². The Balaban J connectivity index is 1.71. The van der Waals surface area contributed by atoms with Gasteiger partial charge in [-0.25, -0.2) is 9.97 Å². The highest BCUT2D eigenvalue weighted by Gasteiger charge is 2.32. The Bertz CT molecular complexity index is 799. The molecule has 3 heterocycles. The second-order valence-electron chi connectivity index (χ2n) is 6.13. The van der Waals surface area contributed by atoms with E-state index in [1.165, 1.54) is 18.3 Å². The van der Waals surface area contributed by atoms with Crippen LogP contribution in [-0.2, 0) is 11.0 Å². The van der Waals surface area contributed by atoms with Gasteiger partial charge in [0.2, 0.25) is 0 Å². The summed E-state index contributed by atoms with van der Waals surface area (Å²) >= 11 is 0. The van der Waals surface area contributed by atoms with Crippen molar-refractivity contribution in [2.45, 2.75) is 24.9 Å².